The van der Waals surface area contributed by atoms with Crippen LogP contribution in [0.5, 0.6) is 0 Å². The van der Waals surface area contributed by atoms with Crippen molar-refractivity contribution in [3.8, 4) is 0 Å². The van der Waals surface area contributed by atoms with Gasteiger partial charge in [0.25, 0.3) is 5.78 Å². The number of carbonyl (C=O) groups excluding carboxylic acids is 2. The lowest BCUT2D eigenvalue weighted by molar-refractivity contribution is -0.137. The fraction of sp³-hybridized carbons (Fsp3) is 0.238. The summed E-state index contributed by atoms with van der Waals surface area (Å²) < 4.78 is 38.9. The van der Waals surface area contributed by atoms with E-state index >= 15 is 0 Å². The van der Waals surface area contributed by atoms with E-state index < -0.39 is 23.3 Å². The van der Waals surface area contributed by atoms with Crippen LogP contribution in [0.4, 0.5) is 18.9 Å². The second-order valence-corrected chi connectivity index (χ2v) is 6.92. The van der Waals surface area contributed by atoms with Gasteiger partial charge >= 0.3 is 6.18 Å². The average molecular weight is 402 g/mol. The molecule has 150 valence electrons. The van der Waals surface area contributed by atoms with E-state index in [4.69, 9.17) is 0 Å². The Morgan fingerprint density at radius 3 is 2.07 bits per heavy atom. The van der Waals surface area contributed by atoms with Crippen LogP contribution >= 0.6 is 0 Å². The Balaban J connectivity index is 1.56. The predicted octanol–water partition coefficient (Wildman–Crippen LogP) is 3.52. The smallest absolute Gasteiger partial charge is 0.416 e. The molecule has 0 spiro atoms. The first-order chi connectivity index (χ1) is 13.8. The molecular formula is C21H17F3N2O3. The first kappa shape index (κ1) is 19.0. The van der Waals surface area contributed by atoms with Gasteiger partial charge in [-0.05, 0) is 18.2 Å². The Bertz CT molecular complexity index is 1020. The number of alkyl halides is 3. The highest BCUT2D eigenvalue weighted by Gasteiger charge is 2.37. The van der Waals surface area contributed by atoms with Gasteiger partial charge in [0.2, 0.25) is 5.78 Å². The van der Waals surface area contributed by atoms with Crippen LogP contribution in [0.1, 0.15) is 21.5 Å². The molecule has 2 aromatic carbocycles. The summed E-state index contributed by atoms with van der Waals surface area (Å²) >= 11 is 0. The summed E-state index contributed by atoms with van der Waals surface area (Å²) in [6.07, 6.45) is -4.42. The van der Waals surface area contributed by atoms with E-state index in [2.05, 4.69) is 0 Å². The van der Waals surface area contributed by atoms with Crippen LogP contribution in [0, 0.1) is 0 Å². The lowest BCUT2D eigenvalue weighted by Crippen LogP contribution is -2.48. The van der Waals surface area contributed by atoms with Crippen molar-refractivity contribution in [3.05, 3.63) is 70.9 Å². The molecule has 2 aromatic rings. The van der Waals surface area contributed by atoms with Gasteiger partial charge in [0, 0.05) is 43.0 Å². The molecule has 0 atom stereocenters. The molecule has 0 unspecified atom stereocenters. The van der Waals surface area contributed by atoms with Gasteiger partial charge < -0.3 is 14.9 Å². The normalized spacial score (nSPS) is 17.6. The average Bonchev–Trinajstić information content (AvgIpc) is 2.72. The zero-order valence-electron chi connectivity index (χ0n) is 15.2. The number of carbonyl (C=O) groups is 2. The molecule has 1 aliphatic carbocycles. The Hall–Kier alpha value is -3.29. The highest BCUT2D eigenvalue weighted by Crippen LogP contribution is 2.33. The first-order valence-corrected chi connectivity index (χ1v) is 9.06. The maximum absolute atomic E-state index is 13.0. The van der Waals surface area contributed by atoms with Crippen LogP contribution in [-0.4, -0.2) is 47.8 Å². The molecule has 0 amide bonds. The fourth-order valence-corrected chi connectivity index (χ4v) is 3.71. The predicted molar refractivity (Wildman–Crippen MR) is 101 cm³/mol. The van der Waals surface area contributed by atoms with Crippen molar-refractivity contribution < 1.29 is 27.9 Å². The van der Waals surface area contributed by atoms with Crippen molar-refractivity contribution >= 4 is 23.0 Å². The molecule has 2 aliphatic rings. The number of fused-ring (bicyclic) bond motifs is 1. The van der Waals surface area contributed by atoms with Crippen molar-refractivity contribution in [2.24, 2.45) is 0 Å². The molecule has 1 aliphatic heterocycles. The first-order valence-electron chi connectivity index (χ1n) is 9.06. The van der Waals surface area contributed by atoms with Gasteiger partial charge in [0.05, 0.1) is 5.56 Å². The topological polar surface area (TPSA) is 60.9 Å². The number of hydrogen-bond donors (Lipinski definition) is 1. The molecular weight excluding hydrogens is 385 g/mol. The largest absolute Gasteiger partial charge is 0.505 e. The maximum Gasteiger partial charge on any atom is 0.416 e. The number of allylic oxidation sites excluding steroid dienone is 1. The minimum Gasteiger partial charge on any atom is -0.505 e. The van der Waals surface area contributed by atoms with Crippen molar-refractivity contribution in [2.45, 2.75) is 6.18 Å². The van der Waals surface area contributed by atoms with Gasteiger partial charge in [-0.1, -0.05) is 30.3 Å². The fourth-order valence-electron chi connectivity index (χ4n) is 3.71. The number of aliphatic hydroxyl groups excluding tert-OH is 1. The summed E-state index contributed by atoms with van der Waals surface area (Å²) in [6, 6.07) is 11.4. The number of Topliss-reactive ketones (excluding diaryl/α,β-unsaturated/α-hetero) is 2. The van der Waals surface area contributed by atoms with Crippen LogP contribution in [0.2, 0.25) is 0 Å². The van der Waals surface area contributed by atoms with Gasteiger partial charge in [-0.3, -0.25) is 9.59 Å². The number of benzene rings is 2. The second kappa shape index (κ2) is 6.95. The van der Waals surface area contributed by atoms with E-state index in [0.717, 1.165) is 12.1 Å². The molecule has 1 fully saturated rings. The van der Waals surface area contributed by atoms with Crippen molar-refractivity contribution in [2.75, 3.05) is 31.1 Å². The molecule has 1 saturated heterocycles. The lowest BCUT2D eigenvalue weighted by atomic mass is 9.91. The SMILES string of the molecule is O=C1C(=O)c2ccccc2C(O)=C1N1CCN(c2cccc(C(F)(F)F)c2)CC1. The van der Waals surface area contributed by atoms with Gasteiger partial charge in [0.1, 0.15) is 5.70 Å². The van der Waals surface area contributed by atoms with Gasteiger partial charge in [-0.2, -0.15) is 13.2 Å². The standard InChI is InChI=1S/C21H17F3N2O3/c22-21(23,24)13-4-3-5-14(12-13)25-8-10-26(11-9-25)17-18(27)15-6-1-2-7-16(15)19(28)20(17)29/h1-7,12,27H,8-11H2. The third-order valence-electron chi connectivity index (χ3n) is 5.21. The van der Waals surface area contributed by atoms with E-state index in [1.54, 1.807) is 34.1 Å². The minimum absolute atomic E-state index is 0.0441. The zero-order chi connectivity index (χ0) is 20.8. The highest BCUT2D eigenvalue weighted by molar-refractivity contribution is 6.52. The van der Waals surface area contributed by atoms with Crippen LogP contribution in [0.15, 0.2) is 54.2 Å². The molecule has 0 aromatic heterocycles. The third kappa shape index (κ3) is 3.35. The van der Waals surface area contributed by atoms with E-state index in [0.29, 0.717) is 24.3 Å². The summed E-state index contributed by atoms with van der Waals surface area (Å²) in [5.74, 6) is -1.68. The Morgan fingerprint density at radius 2 is 1.41 bits per heavy atom. The highest BCUT2D eigenvalue weighted by atomic mass is 19.4. The van der Waals surface area contributed by atoms with Gasteiger partial charge in [-0.15, -0.1) is 0 Å². The third-order valence-corrected chi connectivity index (χ3v) is 5.21. The summed E-state index contributed by atoms with van der Waals surface area (Å²) in [5, 5.41) is 10.6. The van der Waals surface area contributed by atoms with Crippen molar-refractivity contribution in [1.29, 1.82) is 0 Å². The molecule has 4 rings (SSSR count). The molecule has 0 radical (unpaired) electrons. The Kier molecular flexibility index (Phi) is 4.56. The van der Waals surface area contributed by atoms with E-state index in [1.807, 2.05) is 0 Å². The molecule has 5 nitrogen and oxygen atoms in total. The number of halogens is 3. The van der Waals surface area contributed by atoms with E-state index in [9.17, 15) is 27.9 Å². The van der Waals surface area contributed by atoms with Crippen LogP contribution in [0.3, 0.4) is 0 Å². The summed E-state index contributed by atoms with van der Waals surface area (Å²) in [4.78, 5) is 28.4. The number of nitrogens with zero attached hydrogens (tertiary/aromatic N) is 2. The number of rotatable bonds is 2. The molecule has 1 heterocycles. The minimum atomic E-state index is -4.42. The van der Waals surface area contributed by atoms with Crippen LogP contribution in [0.25, 0.3) is 5.76 Å². The van der Waals surface area contributed by atoms with Gasteiger partial charge in [0.15, 0.2) is 5.76 Å². The van der Waals surface area contributed by atoms with E-state index in [1.165, 1.54) is 12.1 Å². The summed E-state index contributed by atoms with van der Waals surface area (Å²) in [6.45, 7) is 1.27. The van der Waals surface area contributed by atoms with E-state index in [-0.39, 0.29) is 30.1 Å². The molecule has 8 heteroatoms. The maximum atomic E-state index is 13.0. The monoisotopic (exact) mass is 402 g/mol. The van der Waals surface area contributed by atoms with Crippen LogP contribution in [-0.2, 0) is 11.0 Å². The zero-order valence-corrected chi connectivity index (χ0v) is 15.2. The number of aliphatic hydroxyl groups is 1. The number of ketones is 2. The van der Waals surface area contributed by atoms with Crippen molar-refractivity contribution in [3.63, 3.8) is 0 Å². The molecule has 29 heavy (non-hydrogen) atoms. The van der Waals surface area contributed by atoms with Gasteiger partial charge in [-0.25, -0.2) is 0 Å². The Morgan fingerprint density at radius 1 is 0.793 bits per heavy atom. The second-order valence-electron chi connectivity index (χ2n) is 6.92. The molecule has 0 saturated carbocycles. The number of piperazine rings is 1. The molecule has 0 bridgehead atoms. The summed E-state index contributed by atoms with van der Waals surface area (Å²) in [5.41, 5.74) is 0.155. The lowest BCUT2D eigenvalue weighted by Gasteiger charge is -2.39. The number of anilines is 1. The molecule has 1 N–H and O–H groups in total. The number of hydrogen-bond acceptors (Lipinski definition) is 5. The quantitative estimate of drug-likeness (QED) is 0.779. The van der Waals surface area contributed by atoms with Crippen molar-refractivity contribution in [1.82, 2.24) is 4.90 Å². The van der Waals surface area contributed by atoms with Crippen LogP contribution < -0.4 is 4.90 Å². The summed E-state index contributed by atoms with van der Waals surface area (Å²) in [7, 11) is 0. The Labute approximate surface area is 164 Å².